The standard InChI is InChI=1S/C13H23N3/c1-4-6-10-16(3)12-7-9-15-13(11-12)14-8-5-2/h7,9,11H,4-6,8,10H2,1-3H3,(H,14,15). The van der Waals surface area contributed by atoms with Crippen molar-refractivity contribution < 1.29 is 0 Å². The highest BCUT2D eigenvalue weighted by Crippen LogP contribution is 2.16. The van der Waals surface area contributed by atoms with Gasteiger partial charge in [0.05, 0.1) is 0 Å². The second-order valence-electron chi connectivity index (χ2n) is 4.10. The number of nitrogens with zero attached hydrogens (tertiary/aromatic N) is 2. The van der Waals surface area contributed by atoms with Gasteiger partial charge in [-0.05, 0) is 18.9 Å². The molecular formula is C13H23N3. The minimum Gasteiger partial charge on any atom is -0.374 e. The predicted octanol–water partition coefficient (Wildman–Crippen LogP) is 3.14. The first-order valence-electron chi connectivity index (χ1n) is 6.19. The van der Waals surface area contributed by atoms with Crippen LogP contribution in [0.2, 0.25) is 0 Å². The normalized spacial score (nSPS) is 10.2. The smallest absolute Gasteiger partial charge is 0.127 e. The maximum absolute atomic E-state index is 4.30. The van der Waals surface area contributed by atoms with Crippen molar-refractivity contribution in [1.82, 2.24) is 4.98 Å². The fourth-order valence-electron chi connectivity index (χ4n) is 1.53. The molecule has 0 aliphatic heterocycles. The van der Waals surface area contributed by atoms with Crippen molar-refractivity contribution in [2.24, 2.45) is 0 Å². The Morgan fingerprint density at radius 2 is 2.12 bits per heavy atom. The van der Waals surface area contributed by atoms with Crippen LogP contribution < -0.4 is 10.2 Å². The molecule has 90 valence electrons. The maximum atomic E-state index is 4.30. The highest BCUT2D eigenvalue weighted by Gasteiger charge is 2.01. The lowest BCUT2D eigenvalue weighted by molar-refractivity contribution is 0.766. The Labute approximate surface area is 98.9 Å². The van der Waals surface area contributed by atoms with Crippen LogP contribution in [0, 0.1) is 0 Å². The molecule has 0 unspecified atom stereocenters. The van der Waals surface area contributed by atoms with Crippen LogP contribution in [0.4, 0.5) is 11.5 Å². The molecule has 0 bridgehead atoms. The van der Waals surface area contributed by atoms with E-state index >= 15 is 0 Å². The number of aromatic nitrogens is 1. The van der Waals surface area contributed by atoms with Gasteiger partial charge in [-0.1, -0.05) is 20.3 Å². The van der Waals surface area contributed by atoms with Crippen LogP contribution in [0.5, 0.6) is 0 Å². The van der Waals surface area contributed by atoms with E-state index in [9.17, 15) is 0 Å². The molecule has 0 fully saturated rings. The van der Waals surface area contributed by atoms with E-state index in [1.807, 2.05) is 6.20 Å². The summed E-state index contributed by atoms with van der Waals surface area (Å²) in [6.07, 6.45) is 5.46. The van der Waals surface area contributed by atoms with Crippen molar-refractivity contribution in [2.75, 3.05) is 30.4 Å². The van der Waals surface area contributed by atoms with E-state index in [0.29, 0.717) is 0 Å². The largest absolute Gasteiger partial charge is 0.374 e. The number of rotatable bonds is 7. The van der Waals surface area contributed by atoms with Crippen LogP contribution in [0.25, 0.3) is 0 Å². The summed E-state index contributed by atoms with van der Waals surface area (Å²) in [6, 6.07) is 4.18. The van der Waals surface area contributed by atoms with Crippen LogP contribution >= 0.6 is 0 Å². The van der Waals surface area contributed by atoms with Gasteiger partial charge in [0.25, 0.3) is 0 Å². The van der Waals surface area contributed by atoms with Crippen molar-refractivity contribution in [3.8, 4) is 0 Å². The molecule has 1 N–H and O–H groups in total. The second-order valence-corrected chi connectivity index (χ2v) is 4.10. The fraction of sp³-hybridized carbons (Fsp3) is 0.615. The molecule has 0 aliphatic rings. The second kappa shape index (κ2) is 7.09. The van der Waals surface area contributed by atoms with Gasteiger partial charge in [0.1, 0.15) is 5.82 Å². The Morgan fingerprint density at radius 1 is 1.31 bits per heavy atom. The number of nitrogens with one attached hydrogen (secondary N) is 1. The first-order valence-corrected chi connectivity index (χ1v) is 6.19. The summed E-state index contributed by atoms with van der Waals surface area (Å²) in [5, 5.41) is 3.31. The summed E-state index contributed by atoms with van der Waals surface area (Å²) in [5.74, 6) is 0.975. The maximum Gasteiger partial charge on any atom is 0.127 e. The van der Waals surface area contributed by atoms with Gasteiger partial charge < -0.3 is 10.2 Å². The van der Waals surface area contributed by atoms with Crippen molar-refractivity contribution in [1.29, 1.82) is 0 Å². The van der Waals surface area contributed by atoms with Crippen LogP contribution in [-0.4, -0.2) is 25.1 Å². The van der Waals surface area contributed by atoms with Crippen molar-refractivity contribution >= 4 is 11.5 Å². The Hall–Kier alpha value is -1.25. The molecule has 1 rings (SSSR count). The lowest BCUT2D eigenvalue weighted by Crippen LogP contribution is -2.18. The van der Waals surface area contributed by atoms with Gasteiger partial charge in [-0.2, -0.15) is 0 Å². The Balaban J connectivity index is 2.58. The first-order chi connectivity index (χ1) is 7.77. The van der Waals surface area contributed by atoms with E-state index in [-0.39, 0.29) is 0 Å². The summed E-state index contributed by atoms with van der Waals surface area (Å²) in [4.78, 5) is 6.58. The molecule has 1 heterocycles. The zero-order valence-electron chi connectivity index (χ0n) is 10.7. The molecule has 0 radical (unpaired) electrons. The summed E-state index contributed by atoms with van der Waals surface area (Å²) in [6.45, 7) is 6.46. The lowest BCUT2D eigenvalue weighted by atomic mass is 10.3. The predicted molar refractivity (Wildman–Crippen MR) is 71.2 cm³/mol. The van der Waals surface area contributed by atoms with Crippen LogP contribution in [-0.2, 0) is 0 Å². The highest BCUT2D eigenvalue weighted by atomic mass is 15.1. The summed E-state index contributed by atoms with van der Waals surface area (Å²) in [5.41, 5.74) is 1.24. The minimum absolute atomic E-state index is 0.975. The van der Waals surface area contributed by atoms with Gasteiger partial charge in [-0.15, -0.1) is 0 Å². The average Bonchev–Trinajstić information content (AvgIpc) is 2.33. The third-order valence-electron chi connectivity index (χ3n) is 2.59. The number of anilines is 2. The van der Waals surface area contributed by atoms with Crippen molar-refractivity contribution in [3.05, 3.63) is 18.3 Å². The van der Waals surface area contributed by atoms with E-state index in [2.05, 4.69) is 48.2 Å². The van der Waals surface area contributed by atoms with E-state index in [1.54, 1.807) is 0 Å². The zero-order valence-corrected chi connectivity index (χ0v) is 10.7. The van der Waals surface area contributed by atoms with Gasteiger partial charge in [0.2, 0.25) is 0 Å². The van der Waals surface area contributed by atoms with Gasteiger partial charge in [0, 0.05) is 38.1 Å². The van der Waals surface area contributed by atoms with Crippen LogP contribution in [0.1, 0.15) is 33.1 Å². The SMILES string of the molecule is CCCCN(C)c1ccnc(NCCC)c1. The van der Waals surface area contributed by atoms with Crippen molar-refractivity contribution in [2.45, 2.75) is 33.1 Å². The quantitative estimate of drug-likeness (QED) is 0.766. The molecule has 0 spiro atoms. The molecule has 0 saturated heterocycles. The van der Waals surface area contributed by atoms with Crippen LogP contribution in [0.3, 0.4) is 0 Å². The molecular weight excluding hydrogens is 198 g/mol. The fourth-order valence-corrected chi connectivity index (χ4v) is 1.53. The third kappa shape index (κ3) is 4.09. The van der Waals surface area contributed by atoms with Gasteiger partial charge in [-0.3, -0.25) is 0 Å². The van der Waals surface area contributed by atoms with Gasteiger partial charge in [-0.25, -0.2) is 4.98 Å². The molecule has 0 aromatic carbocycles. The monoisotopic (exact) mass is 221 g/mol. The topological polar surface area (TPSA) is 28.2 Å². The minimum atomic E-state index is 0.975. The Bertz CT molecular complexity index is 299. The van der Waals surface area contributed by atoms with E-state index in [0.717, 1.165) is 25.3 Å². The Morgan fingerprint density at radius 3 is 2.81 bits per heavy atom. The van der Waals surface area contributed by atoms with E-state index in [4.69, 9.17) is 0 Å². The summed E-state index contributed by atoms with van der Waals surface area (Å²) < 4.78 is 0. The summed E-state index contributed by atoms with van der Waals surface area (Å²) in [7, 11) is 2.13. The Kier molecular flexibility index (Phi) is 5.68. The van der Waals surface area contributed by atoms with E-state index < -0.39 is 0 Å². The number of pyridine rings is 1. The van der Waals surface area contributed by atoms with E-state index in [1.165, 1.54) is 18.5 Å². The molecule has 0 saturated carbocycles. The molecule has 1 aromatic heterocycles. The van der Waals surface area contributed by atoms with Crippen molar-refractivity contribution in [3.63, 3.8) is 0 Å². The molecule has 16 heavy (non-hydrogen) atoms. The third-order valence-corrected chi connectivity index (χ3v) is 2.59. The average molecular weight is 221 g/mol. The summed E-state index contributed by atoms with van der Waals surface area (Å²) >= 11 is 0. The lowest BCUT2D eigenvalue weighted by Gasteiger charge is -2.19. The highest BCUT2D eigenvalue weighted by molar-refractivity contribution is 5.53. The number of hydrogen-bond donors (Lipinski definition) is 1. The zero-order chi connectivity index (χ0) is 11.8. The number of unbranched alkanes of at least 4 members (excludes halogenated alkanes) is 1. The molecule has 0 aliphatic carbocycles. The van der Waals surface area contributed by atoms with Gasteiger partial charge in [0.15, 0.2) is 0 Å². The van der Waals surface area contributed by atoms with Crippen LogP contribution in [0.15, 0.2) is 18.3 Å². The first kappa shape index (κ1) is 12.8. The van der Waals surface area contributed by atoms with Gasteiger partial charge >= 0.3 is 0 Å². The molecule has 0 amide bonds. The molecule has 1 aromatic rings. The molecule has 3 nitrogen and oxygen atoms in total. The molecule has 3 heteroatoms. The number of hydrogen-bond acceptors (Lipinski definition) is 3. The molecule has 0 atom stereocenters.